The minimum Gasteiger partial charge on any atom is -0.465 e. The van der Waals surface area contributed by atoms with E-state index in [4.69, 9.17) is 4.74 Å². The van der Waals surface area contributed by atoms with Gasteiger partial charge in [0.05, 0.1) is 12.4 Å². The lowest BCUT2D eigenvalue weighted by molar-refractivity contribution is -0.140. The van der Waals surface area contributed by atoms with Crippen LogP contribution in [0.2, 0.25) is 0 Å². The van der Waals surface area contributed by atoms with Gasteiger partial charge in [-0.3, -0.25) is 19.1 Å². The predicted molar refractivity (Wildman–Crippen MR) is 125 cm³/mol. The number of hydrogen-bond donors (Lipinski definition) is 1. The molecular weight excluding hydrogens is 426 g/mol. The number of rotatable bonds is 11. The molecule has 9 heteroatoms. The minimum absolute atomic E-state index is 0.00667. The first-order valence-electron chi connectivity index (χ1n) is 10.1. The van der Waals surface area contributed by atoms with Crippen LogP contribution in [-0.4, -0.2) is 50.4 Å². The molecule has 0 saturated heterocycles. The summed E-state index contributed by atoms with van der Waals surface area (Å²) in [5.74, 6) is 0.406. The number of Topliss-reactive ketones (excluding diaryl/α,β-unsaturated/α-hetero) is 1. The van der Waals surface area contributed by atoms with Crippen molar-refractivity contribution < 1.29 is 14.3 Å². The van der Waals surface area contributed by atoms with E-state index in [2.05, 4.69) is 27.1 Å². The Morgan fingerprint density at radius 2 is 2.00 bits per heavy atom. The van der Waals surface area contributed by atoms with E-state index in [9.17, 15) is 9.59 Å². The molecule has 0 aliphatic carbocycles. The second-order valence-corrected chi connectivity index (χ2v) is 7.80. The summed E-state index contributed by atoms with van der Waals surface area (Å²) in [7, 11) is 0. The Balaban J connectivity index is 1.76. The third-order valence-electron chi connectivity index (χ3n) is 4.50. The number of hydrogen-bond acceptors (Lipinski definition) is 8. The predicted octanol–water partition coefficient (Wildman–Crippen LogP) is 3.78. The first-order valence-corrected chi connectivity index (χ1v) is 11.1. The molecule has 0 unspecified atom stereocenters. The third kappa shape index (κ3) is 5.82. The van der Waals surface area contributed by atoms with Crippen molar-refractivity contribution in [3.8, 4) is 11.4 Å². The molecule has 1 aromatic carbocycles. The fourth-order valence-electron chi connectivity index (χ4n) is 3.03. The molecule has 0 atom stereocenters. The molecule has 32 heavy (non-hydrogen) atoms. The van der Waals surface area contributed by atoms with Gasteiger partial charge in [-0.25, -0.2) is 0 Å². The number of esters is 1. The summed E-state index contributed by atoms with van der Waals surface area (Å²) in [6, 6.07) is 9.22. The molecule has 3 aromatic rings. The number of nitrogens with one attached hydrogen (secondary N) is 1. The van der Waals surface area contributed by atoms with Gasteiger partial charge in [0.1, 0.15) is 6.54 Å². The maximum absolute atomic E-state index is 13.0. The van der Waals surface area contributed by atoms with Gasteiger partial charge in [0.2, 0.25) is 0 Å². The van der Waals surface area contributed by atoms with Crippen LogP contribution in [0.25, 0.3) is 11.4 Å². The molecule has 2 heterocycles. The first kappa shape index (κ1) is 23.2. The lowest BCUT2D eigenvalue weighted by Crippen LogP contribution is -2.18. The number of pyridine rings is 1. The Bertz CT molecular complexity index is 1100. The minimum atomic E-state index is -0.373. The molecule has 3 rings (SSSR count). The Morgan fingerprint density at radius 3 is 2.72 bits per heavy atom. The van der Waals surface area contributed by atoms with Gasteiger partial charge in [-0.05, 0) is 38.1 Å². The quantitative estimate of drug-likeness (QED) is 0.203. The second kappa shape index (κ2) is 11.2. The van der Waals surface area contributed by atoms with Crippen LogP contribution in [-0.2, 0) is 16.1 Å². The largest absolute Gasteiger partial charge is 0.465 e. The van der Waals surface area contributed by atoms with Crippen molar-refractivity contribution in [1.29, 1.82) is 0 Å². The fraction of sp³-hybridized carbons (Fsp3) is 0.261. The van der Waals surface area contributed by atoms with Crippen LogP contribution in [0.4, 0.5) is 5.69 Å². The molecule has 0 spiro atoms. The highest BCUT2D eigenvalue weighted by atomic mass is 32.2. The maximum atomic E-state index is 13.0. The number of aromatic nitrogens is 4. The highest BCUT2D eigenvalue weighted by Crippen LogP contribution is 2.26. The van der Waals surface area contributed by atoms with E-state index in [1.165, 1.54) is 11.8 Å². The molecule has 1 N–H and O–H groups in total. The normalized spacial score (nSPS) is 10.6. The van der Waals surface area contributed by atoms with Gasteiger partial charge in [-0.2, -0.15) is 0 Å². The highest BCUT2D eigenvalue weighted by molar-refractivity contribution is 7.99. The van der Waals surface area contributed by atoms with Crippen molar-refractivity contribution in [3.05, 3.63) is 66.5 Å². The molecule has 0 bridgehead atoms. The van der Waals surface area contributed by atoms with E-state index in [1.807, 2.05) is 35.8 Å². The number of ether oxygens (including phenoxy) is 1. The standard InChI is InChI=1S/C23H25N5O3S/c1-4-12-28-22(17-8-10-24-11-9-17)26-27-23(28)32-15-20(29)18-13-16(3)6-7-19(18)25-14-21(30)31-5-2/h4,6-11,13,25H,1,5,12,14-15H2,2-3H3. The zero-order valence-electron chi connectivity index (χ0n) is 18.1. The lowest BCUT2D eigenvalue weighted by atomic mass is 10.1. The van der Waals surface area contributed by atoms with Gasteiger partial charge in [0.25, 0.3) is 0 Å². The Morgan fingerprint density at radius 1 is 1.22 bits per heavy atom. The zero-order chi connectivity index (χ0) is 22.9. The van der Waals surface area contributed by atoms with Gasteiger partial charge in [0, 0.05) is 35.8 Å². The first-order chi connectivity index (χ1) is 15.5. The summed E-state index contributed by atoms with van der Waals surface area (Å²) in [6.07, 6.45) is 5.15. The number of anilines is 1. The molecule has 0 saturated carbocycles. The van der Waals surface area contributed by atoms with E-state index in [0.717, 1.165) is 11.1 Å². The molecule has 0 radical (unpaired) electrons. The molecule has 2 aromatic heterocycles. The number of carbonyl (C=O) groups is 2. The fourth-order valence-corrected chi connectivity index (χ4v) is 3.86. The smallest absolute Gasteiger partial charge is 0.325 e. The van der Waals surface area contributed by atoms with E-state index in [1.54, 1.807) is 31.5 Å². The van der Waals surface area contributed by atoms with Gasteiger partial charge in [0.15, 0.2) is 16.8 Å². The number of nitrogens with zero attached hydrogens (tertiary/aromatic N) is 4. The van der Waals surface area contributed by atoms with Crippen LogP contribution >= 0.6 is 11.8 Å². The van der Waals surface area contributed by atoms with Crippen molar-refractivity contribution in [1.82, 2.24) is 19.7 Å². The molecule has 8 nitrogen and oxygen atoms in total. The van der Waals surface area contributed by atoms with Crippen LogP contribution in [0.5, 0.6) is 0 Å². The molecular formula is C23H25N5O3S. The summed E-state index contributed by atoms with van der Waals surface area (Å²) >= 11 is 1.31. The van der Waals surface area contributed by atoms with E-state index >= 15 is 0 Å². The SMILES string of the molecule is C=CCn1c(SCC(=O)c2cc(C)ccc2NCC(=O)OCC)nnc1-c1ccncc1. The summed E-state index contributed by atoms with van der Waals surface area (Å²) in [5, 5.41) is 12.2. The van der Waals surface area contributed by atoms with E-state index < -0.39 is 0 Å². The van der Waals surface area contributed by atoms with Crippen LogP contribution in [0, 0.1) is 6.92 Å². The zero-order valence-corrected chi connectivity index (χ0v) is 18.9. The second-order valence-electron chi connectivity index (χ2n) is 6.86. The average molecular weight is 452 g/mol. The molecule has 0 fully saturated rings. The average Bonchev–Trinajstić information content (AvgIpc) is 3.20. The van der Waals surface area contributed by atoms with Gasteiger partial charge >= 0.3 is 5.97 Å². The number of aryl methyl sites for hydroxylation is 1. The van der Waals surface area contributed by atoms with Gasteiger partial charge in [-0.1, -0.05) is 29.5 Å². The number of allylic oxidation sites excluding steroid dienone is 1. The summed E-state index contributed by atoms with van der Waals surface area (Å²) in [4.78, 5) is 28.8. The number of carbonyl (C=O) groups excluding carboxylic acids is 2. The Labute approximate surface area is 191 Å². The summed E-state index contributed by atoms with van der Waals surface area (Å²) < 4.78 is 6.86. The molecule has 0 aliphatic heterocycles. The third-order valence-corrected chi connectivity index (χ3v) is 5.47. The summed E-state index contributed by atoms with van der Waals surface area (Å²) in [6.45, 7) is 8.30. The molecule has 0 aliphatic rings. The van der Waals surface area contributed by atoms with Crippen LogP contribution in [0.3, 0.4) is 0 Å². The van der Waals surface area contributed by atoms with E-state index in [0.29, 0.717) is 35.4 Å². The molecule has 0 amide bonds. The maximum Gasteiger partial charge on any atom is 0.325 e. The van der Waals surface area contributed by atoms with Crippen LogP contribution < -0.4 is 5.32 Å². The van der Waals surface area contributed by atoms with Crippen molar-refractivity contribution in [2.24, 2.45) is 0 Å². The van der Waals surface area contributed by atoms with Gasteiger partial charge in [-0.15, -0.1) is 16.8 Å². The lowest BCUT2D eigenvalue weighted by Gasteiger charge is -2.12. The van der Waals surface area contributed by atoms with Crippen molar-refractivity contribution >= 4 is 29.2 Å². The Hall–Kier alpha value is -3.46. The summed E-state index contributed by atoms with van der Waals surface area (Å²) in [5.41, 5.74) is 2.96. The number of benzene rings is 1. The number of ketones is 1. The van der Waals surface area contributed by atoms with Crippen molar-refractivity contribution in [2.45, 2.75) is 25.5 Å². The van der Waals surface area contributed by atoms with Crippen molar-refractivity contribution in [3.63, 3.8) is 0 Å². The van der Waals surface area contributed by atoms with Crippen LogP contribution in [0.1, 0.15) is 22.8 Å². The number of thioether (sulfide) groups is 1. The van der Waals surface area contributed by atoms with Gasteiger partial charge < -0.3 is 10.1 Å². The molecule has 166 valence electrons. The van der Waals surface area contributed by atoms with E-state index in [-0.39, 0.29) is 24.1 Å². The highest BCUT2D eigenvalue weighted by Gasteiger charge is 2.18. The monoisotopic (exact) mass is 451 g/mol. The topological polar surface area (TPSA) is 99.0 Å². The van der Waals surface area contributed by atoms with Crippen LogP contribution in [0.15, 0.2) is 60.5 Å². The Kier molecular flexibility index (Phi) is 8.15. The van der Waals surface area contributed by atoms with Crippen molar-refractivity contribution in [2.75, 3.05) is 24.2 Å².